The molecule has 14 heteroatoms. The average Bonchev–Trinajstić information content (AvgIpc) is 3.52. The Balaban J connectivity index is 1.90. The van der Waals surface area contributed by atoms with Crippen molar-refractivity contribution in [2.24, 2.45) is 5.92 Å². The van der Waals surface area contributed by atoms with Gasteiger partial charge in [-0.25, -0.2) is 9.97 Å². The molecule has 0 saturated heterocycles. The lowest BCUT2D eigenvalue weighted by atomic mass is 10.0. The van der Waals surface area contributed by atoms with Gasteiger partial charge in [-0.05, 0) is 25.2 Å². The van der Waals surface area contributed by atoms with E-state index in [2.05, 4.69) is 30.6 Å². The minimum Gasteiger partial charge on any atom is -0.480 e. The van der Waals surface area contributed by atoms with Crippen molar-refractivity contribution in [3.05, 3.63) is 36.4 Å². The van der Waals surface area contributed by atoms with Crippen LogP contribution in [0.4, 0.5) is 0 Å². The summed E-state index contributed by atoms with van der Waals surface area (Å²) in [6, 6.07) is -4.01. The highest BCUT2D eigenvalue weighted by atomic mass is 16.5. The van der Waals surface area contributed by atoms with Crippen LogP contribution in [0, 0.1) is 5.92 Å². The maximum absolute atomic E-state index is 12.8. The summed E-state index contributed by atoms with van der Waals surface area (Å²) in [7, 11) is 0. The van der Waals surface area contributed by atoms with E-state index < -0.39 is 48.4 Å². The minimum atomic E-state index is -1.81. The number of nitrogens with zero attached hydrogens (tertiary/aromatic N) is 2. The molecule has 2 aromatic heterocycles. The second-order valence-corrected chi connectivity index (χ2v) is 9.19. The minimum absolute atomic E-state index is 0.0503. The standard InChI is InChI=1S/C23H36N6O8/c1-13(2)6-19(29-18(22(34)35)8-15-10-25-12-27-15)23(36)37-5-3-4-16(20(30)31)28-17(21(32)33)7-14-9-24-11-26-14/h9-13,16-19,21,28-29,32-33H,3-8H2,1-2H3,(H,24,26)(H,25,27)(H,30,31)(H,34,35)/t16?,17-,18+,19?/m1/s1. The van der Waals surface area contributed by atoms with E-state index in [1.165, 1.54) is 25.0 Å². The Kier molecular flexibility index (Phi) is 12.2. The average molecular weight is 525 g/mol. The van der Waals surface area contributed by atoms with Gasteiger partial charge in [0.1, 0.15) is 18.1 Å². The summed E-state index contributed by atoms with van der Waals surface area (Å²) in [6.07, 6.45) is 4.84. The Hall–Kier alpha value is -3.33. The second kappa shape index (κ2) is 15.0. The number of hydrogen-bond donors (Lipinski definition) is 8. The zero-order valence-corrected chi connectivity index (χ0v) is 20.8. The number of aliphatic hydroxyl groups excluding tert-OH is 1. The van der Waals surface area contributed by atoms with Crippen LogP contribution in [0.25, 0.3) is 0 Å². The fraction of sp³-hybridized carbons (Fsp3) is 0.609. The third kappa shape index (κ3) is 10.7. The number of aromatic nitrogens is 4. The number of ether oxygens (including phenoxy) is 1. The van der Waals surface area contributed by atoms with E-state index in [1.807, 2.05) is 13.8 Å². The smallest absolute Gasteiger partial charge is 0.323 e. The number of aliphatic hydroxyl groups is 2. The number of H-pyrrole nitrogens is 2. The van der Waals surface area contributed by atoms with E-state index in [-0.39, 0.29) is 38.2 Å². The highest BCUT2D eigenvalue weighted by molar-refractivity contribution is 5.79. The number of hydrogen-bond acceptors (Lipinski definition) is 10. The van der Waals surface area contributed by atoms with Crippen molar-refractivity contribution in [1.82, 2.24) is 30.6 Å². The Bertz CT molecular complexity index is 951. The van der Waals surface area contributed by atoms with Gasteiger partial charge >= 0.3 is 17.9 Å². The molecule has 0 spiro atoms. The number of carboxylic acid groups (broad SMARTS) is 2. The number of aromatic amines is 2. The van der Waals surface area contributed by atoms with Gasteiger partial charge in [0.25, 0.3) is 0 Å². The quantitative estimate of drug-likeness (QED) is 0.0697. The van der Waals surface area contributed by atoms with Gasteiger partial charge in [0, 0.05) is 36.6 Å². The summed E-state index contributed by atoms with van der Waals surface area (Å²) < 4.78 is 5.34. The monoisotopic (exact) mass is 524 g/mol. The van der Waals surface area contributed by atoms with E-state index in [1.54, 1.807) is 0 Å². The van der Waals surface area contributed by atoms with Gasteiger partial charge in [-0.1, -0.05) is 13.8 Å². The largest absolute Gasteiger partial charge is 0.480 e. The van der Waals surface area contributed by atoms with Crippen molar-refractivity contribution in [3.8, 4) is 0 Å². The van der Waals surface area contributed by atoms with Crippen LogP contribution >= 0.6 is 0 Å². The molecule has 2 unspecified atom stereocenters. The van der Waals surface area contributed by atoms with Gasteiger partial charge in [-0.2, -0.15) is 0 Å². The van der Waals surface area contributed by atoms with E-state index >= 15 is 0 Å². The van der Waals surface area contributed by atoms with Crippen molar-refractivity contribution in [3.63, 3.8) is 0 Å². The molecule has 14 nitrogen and oxygen atoms in total. The summed E-state index contributed by atoms with van der Waals surface area (Å²) in [5.74, 6) is -2.87. The molecule has 0 aliphatic carbocycles. The lowest BCUT2D eigenvalue weighted by Gasteiger charge is -2.25. The van der Waals surface area contributed by atoms with Crippen LogP contribution in [0.1, 0.15) is 44.5 Å². The van der Waals surface area contributed by atoms with E-state index in [0.717, 1.165) is 0 Å². The van der Waals surface area contributed by atoms with Crippen molar-refractivity contribution in [1.29, 1.82) is 0 Å². The van der Waals surface area contributed by atoms with Gasteiger partial charge < -0.3 is 35.1 Å². The SMILES string of the molecule is CC(C)CC(N[C@@H](Cc1cnc[nH]1)C(=O)O)C(=O)OCCCC(N[C@H](Cc1cnc[nH]1)C(O)O)C(=O)O. The number of carbonyl (C=O) groups excluding carboxylic acids is 1. The number of nitrogens with one attached hydrogen (secondary N) is 4. The summed E-state index contributed by atoms with van der Waals surface area (Å²) in [5.41, 5.74) is 1.20. The number of rotatable bonds is 18. The van der Waals surface area contributed by atoms with Crippen LogP contribution in [0.15, 0.2) is 25.0 Å². The topological polar surface area (TPSA) is 223 Å². The number of carboxylic acids is 2. The third-order valence-electron chi connectivity index (χ3n) is 5.62. The maximum Gasteiger partial charge on any atom is 0.323 e. The molecule has 2 heterocycles. The van der Waals surface area contributed by atoms with Gasteiger partial charge in [0.2, 0.25) is 0 Å². The van der Waals surface area contributed by atoms with Crippen LogP contribution < -0.4 is 10.6 Å². The zero-order chi connectivity index (χ0) is 27.4. The molecule has 0 saturated carbocycles. The number of aliphatic carboxylic acids is 2. The van der Waals surface area contributed by atoms with Crippen molar-refractivity contribution >= 4 is 17.9 Å². The molecule has 0 fully saturated rings. The summed E-state index contributed by atoms with van der Waals surface area (Å²) in [5, 5.41) is 44.0. The normalized spacial score (nSPS) is 14.9. The van der Waals surface area contributed by atoms with Crippen LogP contribution in [0.2, 0.25) is 0 Å². The lowest BCUT2D eigenvalue weighted by Crippen LogP contribution is -2.50. The van der Waals surface area contributed by atoms with Crippen LogP contribution in [0.3, 0.4) is 0 Å². The molecule has 206 valence electrons. The summed E-state index contributed by atoms with van der Waals surface area (Å²) in [4.78, 5) is 49.6. The van der Waals surface area contributed by atoms with E-state index in [4.69, 9.17) is 4.74 Å². The fourth-order valence-electron chi connectivity index (χ4n) is 3.76. The highest BCUT2D eigenvalue weighted by Crippen LogP contribution is 2.11. The van der Waals surface area contributed by atoms with Crippen LogP contribution in [0.5, 0.6) is 0 Å². The predicted molar refractivity (Wildman–Crippen MR) is 129 cm³/mol. The van der Waals surface area contributed by atoms with Crippen LogP contribution in [-0.4, -0.2) is 95.3 Å². The molecule has 37 heavy (non-hydrogen) atoms. The molecule has 8 N–H and O–H groups in total. The zero-order valence-electron chi connectivity index (χ0n) is 20.8. The Morgan fingerprint density at radius 3 is 2.00 bits per heavy atom. The maximum atomic E-state index is 12.8. The molecule has 0 bridgehead atoms. The molecule has 0 aromatic carbocycles. The number of esters is 1. The Morgan fingerprint density at radius 1 is 0.919 bits per heavy atom. The van der Waals surface area contributed by atoms with Gasteiger partial charge in [0.05, 0.1) is 25.3 Å². The molecular weight excluding hydrogens is 488 g/mol. The van der Waals surface area contributed by atoms with Gasteiger partial charge in [-0.15, -0.1) is 0 Å². The molecule has 0 aliphatic rings. The molecule has 0 amide bonds. The second-order valence-electron chi connectivity index (χ2n) is 9.19. The Morgan fingerprint density at radius 2 is 1.51 bits per heavy atom. The number of carbonyl (C=O) groups is 3. The molecule has 2 aromatic rings. The predicted octanol–water partition coefficient (Wildman–Crippen LogP) is -0.579. The van der Waals surface area contributed by atoms with Gasteiger partial charge in [0.15, 0.2) is 6.29 Å². The first-order valence-corrected chi connectivity index (χ1v) is 12.0. The third-order valence-corrected chi connectivity index (χ3v) is 5.62. The number of imidazole rings is 2. The molecular formula is C23H36N6O8. The van der Waals surface area contributed by atoms with Gasteiger partial charge in [-0.3, -0.25) is 25.0 Å². The fourth-order valence-corrected chi connectivity index (χ4v) is 3.76. The van der Waals surface area contributed by atoms with Crippen molar-refractivity contribution < 1.29 is 39.5 Å². The van der Waals surface area contributed by atoms with Crippen molar-refractivity contribution in [2.75, 3.05) is 6.61 Å². The molecule has 2 rings (SSSR count). The van der Waals surface area contributed by atoms with E-state index in [0.29, 0.717) is 17.8 Å². The highest BCUT2D eigenvalue weighted by Gasteiger charge is 2.29. The summed E-state index contributed by atoms with van der Waals surface area (Å²) in [6.45, 7) is 3.70. The summed E-state index contributed by atoms with van der Waals surface area (Å²) >= 11 is 0. The van der Waals surface area contributed by atoms with Crippen LogP contribution in [-0.2, 0) is 32.0 Å². The molecule has 0 radical (unpaired) electrons. The van der Waals surface area contributed by atoms with Crippen molar-refractivity contribution in [2.45, 2.75) is 76.4 Å². The first-order valence-electron chi connectivity index (χ1n) is 12.0. The first-order chi connectivity index (χ1) is 17.6. The molecule has 4 atom stereocenters. The lowest BCUT2D eigenvalue weighted by molar-refractivity contribution is -0.148. The first kappa shape index (κ1) is 29.9. The molecule has 0 aliphatic heterocycles. The Labute approximate surface area is 213 Å². The van der Waals surface area contributed by atoms with E-state index in [9.17, 15) is 34.8 Å².